The lowest BCUT2D eigenvalue weighted by Crippen LogP contribution is -2.36. The maximum absolute atomic E-state index is 3.57. The van der Waals surface area contributed by atoms with Gasteiger partial charge in [-0.2, -0.15) is 0 Å². The van der Waals surface area contributed by atoms with Crippen LogP contribution in [0, 0.1) is 23.7 Å². The van der Waals surface area contributed by atoms with Crippen LogP contribution < -0.4 is 5.32 Å². The van der Waals surface area contributed by atoms with Gasteiger partial charge in [-0.25, -0.2) is 0 Å². The summed E-state index contributed by atoms with van der Waals surface area (Å²) in [5, 5.41) is 3.57. The molecule has 1 saturated carbocycles. The van der Waals surface area contributed by atoms with Crippen molar-refractivity contribution in [1.82, 2.24) is 5.32 Å². The minimum absolute atomic E-state index is 0.962. The maximum atomic E-state index is 3.57. The van der Waals surface area contributed by atoms with Crippen LogP contribution in [0.25, 0.3) is 0 Å². The molecule has 88 valence electrons. The van der Waals surface area contributed by atoms with Gasteiger partial charge in [0.25, 0.3) is 0 Å². The van der Waals surface area contributed by atoms with E-state index >= 15 is 0 Å². The van der Waals surface area contributed by atoms with Crippen molar-refractivity contribution in [1.29, 1.82) is 0 Å². The highest BCUT2D eigenvalue weighted by Gasteiger charge is 2.26. The second kappa shape index (κ2) is 5.34. The lowest BCUT2D eigenvalue weighted by Gasteiger charge is -2.35. The van der Waals surface area contributed by atoms with Gasteiger partial charge in [0.2, 0.25) is 0 Å². The smallest absolute Gasteiger partial charge is 0.00179 e. The number of piperidine rings is 1. The first-order chi connectivity index (χ1) is 7.25. The Kier molecular flexibility index (Phi) is 4.07. The van der Waals surface area contributed by atoms with Crippen LogP contribution in [0.15, 0.2) is 0 Å². The van der Waals surface area contributed by atoms with E-state index in [1.807, 2.05) is 0 Å². The van der Waals surface area contributed by atoms with Crippen molar-refractivity contribution < 1.29 is 0 Å². The number of hydrogen-bond donors (Lipinski definition) is 1. The fourth-order valence-corrected chi connectivity index (χ4v) is 3.57. The van der Waals surface area contributed by atoms with E-state index in [9.17, 15) is 0 Å². The Morgan fingerprint density at radius 1 is 1.13 bits per heavy atom. The van der Waals surface area contributed by atoms with E-state index in [1.54, 1.807) is 0 Å². The average Bonchev–Trinajstić information content (AvgIpc) is 2.22. The SMILES string of the molecule is CC1CCCC(CC2CNCCC2C)C1. The molecule has 4 unspecified atom stereocenters. The second-order valence-corrected chi connectivity index (χ2v) is 6.10. The molecular weight excluding hydrogens is 182 g/mol. The molecule has 0 bridgehead atoms. The van der Waals surface area contributed by atoms with E-state index in [0.29, 0.717) is 0 Å². The molecule has 2 aliphatic rings. The molecule has 1 N–H and O–H groups in total. The normalized spacial score (nSPS) is 42.8. The monoisotopic (exact) mass is 209 g/mol. The Bertz CT molecular complexity index is 190. The minimum atomic E-state index is 0.962. The second-order valence-electron chi connectivity index (χ2n) is 6.10. The van der Waals surface area contributed by atoms with Crippen molar-refractivity contribution >= 4 is 0 Å². The largest absolute Gasteiger partial charge is 0.316 e. The van der Waals surface area contributed by atoms with Crippen molar-refractivity contribution in [2.24, 2.45) is 23.7 Å². The molecule has 0 aromatic rings. The van der Waals surface area contributed by atoms with Crippen LogP contribution in [0.2, 0.25) is 0 Å². The summed E-state index contributed by atoms with van der Waals surface area (Å²) in [5.74, 6) is 3.97. The van der Waals surface area contributed by atoms with Crippen molar-refractivity contribution in [3.63, 3.8) is 0 Å². The summed E-state index contributed by atoms with van der Waals surface area (Å²) in [4.78, 5) is 0. The molecule has 2 fully saturated rings. The van der Waals surface area contributed by atoms with E-state index in [1.165, 1.54) is 51.6 Å². The standard InChI is InChI=1S/C14H27N/c1-11-4-3-5-13(8-11)9-14-10-15-7-6-12(14)2/h11-15H,3-10H2,1-2H3. The fourth-order valence-electron chi connectivity index (χ4n) is 3.57. The van der Waals surface area contributed by atoms with Crippen molar-refractivity contribution in [2.75, 3.05) is 13.1 Å². The molecule has 1 saturated heterocycles. The third-order valence-electron chi connectivity index (χ3n) is 4.67. The molecule has 2 rings (SSSR count). The third kappa shape index (κ3) is 3.21. The zero-order chi connectivity index (χ0) is 10.7. The summed E-state index contributed by atoms with van der Waals surface area (Å²) in [7, 11) is 0. The Balaban J connectivity index is 1.79. The number of nitrogens with one attached hydrogen (secondary N) is 1. The molecule has 1 aliphatic carbocycles. The molecule has 1 heteroatoms. The van der Waals surface area contributed by atoms with Gasteiger partial charge in [0.05, 0.1) is 0 Å². The molecule has 0 spiro atoms. The Morgan fingerprint density at radius 3 is 2.73 bits per heavy atom. The predicted molar refractivity (Wildman–Crippen MR) is 65.9 cm³/mol. The Hall–Kier alpha value is -0.0400. The van der Waals surface area contributed by atoms with Gasteiger partial charge in [0, 0.05) is 0 Å². The summed E-state index contributed by atoms with van der Waals surface area (Å²) in [6.45, 7) is 7.43. The van der Waals surface area contributed by atoms with Crippen molar-refractivity contribution in [3.05, 3.63) is 0 Å². The first-order valence-electron chi connectivity index (χ1n) is 6.96. The fraction of sp³-hybridized carbons (Fsp3) is 1.00. The van der Waals surface area contributed by atoms with E-state index in [2.05, 4.69) is 19.2 Å². The van der Waals surface area contributed by atoms with Crippen molar-refractivity contribution in [2.45, 2.75) is 52.4 Å². The lowest BCUT2D eigenvalue weighted by molar-refractivity contribution is 0.182. The highest BCUT2D eigenvalue weighted by Crippen LogP contribution is 2.35. The molecular formula is C14H27N. The van der Waals surface area contributed by atoms with Crippen LogP contribution in [0.4, 0.5) is 0 Å². The van der Waals surface area contributed by atoms with E-state index < -0.39 is 0 Å². The number of hydrogen-bond acceptors (Lipinski definition) is 1. The highest BCUT2D eigenvalue weighted by atomic mass is 14.9. The summed E-state index contributed by atoms with van der Waals surface area (Å²) < 4.78 is 0. The molecule has 1 heterocycles. The molecule has 4 atom stereocenters. The zero-order valence-corrected chi connectivity index (χ0v) is 10.5. The van der Waals surface area contributed by atoms with Gasteiger partial charge in [-0.05, 0) is 56.0 Å². The topological polar surface area (TPSA) is 12.0 Å². The minimum Gasteiger partial charge on any atom is -0.316 e. The van der Waals surface area contributed by atoms with E-state index in [0.717, 1.165) is 23.7 Å². The van der Waals surface area contributed by atoms with Gasteiger partial charge in [-0.15, -0.1) is 0 Å². The number of rotatable bonds is 2. The zero-order valence-electron chi connectivity index (χ0n) is 10.5. The maximum Gasteiger partial charge on any atom is -0.00179 e. The molecule has 0 amide bonds. The van der Waals surface area contributed by atoms with Crippen molar-refractivity contribution in [3.8, 4) is 0 Å². The molecule has 1 aliphatic heterocycles. The van der Waals surface area contributed by atoms with Gasteiger partial charge in [-0.1, -0.05) is 33.1 Å². The van der Waals surface area contributed by atoms with Crippen LogP contribution >= 0.6 is 0 Å². The van der Waals surface area contributed by atoms with E-state index in [4.69, 9.17) is 0 Å². The molecule has 0 aromatic heterocycles. The Morgan fingerprint density at radius 2 is 2.00 bits per heavy atom. The first kappa shape index (κ1) is 11.4. The average molecular weight is 209 g/mol. The molecule has 1 nitrogen and oxygen atoms in total. The van der Waals surface area contributed by atoms with Crippen LogP contribution in [0.1, 0.15) is 52.4 Å². The van der Waals surface area contributed by atoms with Crippen LogP contribution in [-0.2, 0) is 0 Å². The van der Waals surface area contributed by atoms with Crippen LogP contribution in [0.3, 0.4) is 0 Å². The lowest BCUT2D eigenvalue weighted by atomic mass is 9.74. The Labute approximate surface area is 95.0 Å². The summed E-state index contributed by atoms with van der Waals surface area (Å²) in [5.41, 5.74) is 0. The first-order valence-corrected chi connectivity index (χ1v) is 6.96. The molecule has 15 heavy (non-hydrogen) atoms. The van der Waals surface area contributed by atoms with Gasteiger partial charge >= 0.3 is 0 Å². The van der Waals surface area contributed by atoms with Gasteiger partial charge < -0.3 is 5.32 Å². The summed E-state index contributed by atoms with van der Waals surface area (Å²) in [6.07, 6.45) is 8.87. The molecule has 0 aromatic carbocycles. The third-order valence-corrected chi connectivity index (χ3v) is 4.67. The van der Waals surface area contributed by atoms with Gasteiger partial charge in [-0.3, -0.25) is 0 Å². The van der Waals surface area contributed by atoms with Gasteiger partial charge in [0.1, 0.15) is 0 Å². The highest BCUT2D eigenvalue weighted by molar-refractivity contribution is 4.80. The van der Waals surface area contributed by atoms with Gasteiger partial charge in [0.15, 0.2) is 0 Å². The van der Waals surface area contributed by atoms with Crippen LogP contribution in [-0.4, -0.2) is 13.1 Å². The predicted octanol–water partition coefficient (Wildman–Crippen LogP) is 3.45. The molecule has 0 radical (unpaired) electrons. The van der Waals surface area contributed by atoms with E-state index in [-0.39, 0.29) is 0 Å². The summed E-state index contributed by atoms with van der Waals surface area (Å²) >= 11 is 0. The summed E-state index contributed by atoms with van der Waals surface area (Å²) in [6, 6.07) is 0. The van der Waals surface area contributed by atoms with Crippen LogP contribution in [0.5, 0.6) is 0 Å². The quantitative estimate of drug-likeness (QED) is 0.734.